The number of hydrogen-bond donors (Lipinski definition) is 1. The zero-order valence-electron chi connectivity index (χ0n) is 11.8. The van der Waals surface area contributed by atoms with E-state index in [1.807, 2.05) is 25.5 Å². The number of halogens is 1. The van der Waals surface area contributed by atoms with Crippen molar-refractivity contribution in [1.82, 2.24) is 9.55 Å². The molecule has 0 atom stereocenters. The van der Waals surface area contributed by atoms with E-state index in [2.05, 4.69) is 21.7 Å². The second-order valence-electron chi connectivity index (χ2n) is 5.75. The van der Waals surface area contributed by atoms with Gasteiger partial charge in [-0.25, -0.2) is 4.98 Å². The Bertz CT molecular complexity index is 612. The second-order valence-corrected chi connectivity index (χ2v) is 6.16. The first-order valence-corrected chi connectivity index (χ1v) is 7.53. The minimum absolute atomic E-state index is 0.0309. The van der Waals surface area contributed by atoms with Gasteiger partial charge in [0, 0.05) is 17.1 Å². The quantitative estimate of drug-likeness (QED) is 0.935. The molecule has 1 saturated carbocycles. The van der Waals surface area contributed by atoms with E-state index < -0.39 is 0 Å². The summed E-state index contributed by atoms with van der Waals surface area (Å²) in [5, 5.41) is 0.795. The van der Waals surface area contributed by atoms with E-state index in [0.717, 1.165) is 34.7 Å². The largest absolute Gasteiger partial charge is 0.328 e. The number of rotatable bonds is 3. The third kappa shape index (κ3) is 2.15. The van der Waals surface area contributed by atoms with Crippen LogP contribution in [0.1, 0.15) is 31.2 Å². The number of aryl methyl sites for hydroxylation is 1. The molecule has 0 radical (unpaired) electrons. The summed E-state index contributed by atoms with van der Waals surface area (Å²) in [4.78, 5) is 4.35. The Labute approximate surface area is 124 Å². The summed E-state index contributed by atoms with van der Waals surface area (Å²) in [5.74, 6) is 0. The summed E-state index contributed by atoms with van der Waals surface area (Å²) >= 11 is 6.26. The predicted octanol–water partition coefficient (Wildman–Crippen LogP) is 3.74. The van der Waals surface area contributed by atoms with E-state index in [9.17, 15) is 0 Å². The van der Waals surface area contributed by atoms with Crippen LogP contribution in [-0.4, -0.2) is 16.1 Å². The fraction of sp³-hybridized carbons (Fsp3) is 0.438. The minimum Gasteiger partial charge on any atom is -0.328 e. The lowest BCUT2D eigenvalue weighted by atomic mass is 9.96. The van der Waals surface area contributed by atoms with Gasteiger partial charge >= 0.3 is 0 Å². The summed E-state index contributed by atoms with van der Waals surface area (Å²) in [5.41, 5.74) is 9.43. The molecular formula is C16H20ClN3. The second kappa shape index (κ2) is 5.23. The van der Waals surface area contributed by atoms with Crippen molar-refractivity contribution in [3.8, 4) is 11.3 Å². The lowest BCUT2D eigenvalue weighted by Crippen LogP contribution is -2.38. The third-order valence-electron chi connectivity index (χ3n) is 4.53. The molecule has 0 aliphatic heterocycles. The molecule has 0 amide bonds. The Morgan fingerprint density at radius 2 is 2.10 bits per heavy atom. The molecule has 4 heteroatoms. The normalized spacial score (nSPS) is 17.6. The molecule has 0 unspecified atom stereocenters. The molecule has 0 spiro atoms. The highest BCUT2D eigenvalue weighted by Gasteiger charge is 2.35. The molecule has 3 rings (SSSR count). The van der Waals surface area contributed by atoms with E-state index in [-0.39, 0.29) is 5.54 Å². The average Bonchev–Trinajstić information content (AvgIpc) is 3.10. The Hall–Kier alpha value is -1.32. The van der Waals surface area contributed by atoms with Crippen molar-refractivity contribution in [2.45, 2.75) is 38.1 Å². The first kappa shape index (κ1) is 13.7. The molecule has 3 nitrogen and oxygen atoms in total. The molecule has 0 bridgehead atoms. The van der Waals surface area contributed by atoms with Gasteiger partial charge < -0.3 is 10.3 Å². The zero-order chi connectivity index (χ0) is 14.2. The van der Waals surface area contributed by atoms with Crippen molar-refractivity contribution in [1.29, 1.82) is 0 Å². The Morgan fingerprint density at radius 3 is 2.75 bits per heavy atom. The summed E-state index contributed by atoms with van der Waals surface area (Å²) < 4.78 is 2.26. The molecule has 1 aliphatic carbocycles. The van der Waals surface area contributed by atoms with Gasteiger partial charge in [0.1, 0.15) is 0 Å². The van der Waals surface area contributed by atoms with Gasteiger partial charge in [-0.3, -0.25) is 0 Å². The smallest absolute Gasteiger partial charge is 0.0956 e. The molecule has 2 aromatic rings. The van der Waals surface area contributed by atoms with Crippen LogP contribution in [0, 0.1) is 6.92 Å². The molecule has 20 heavy (non-hydrogen) atoms. The Balaban J connectivity index is 2.07. The van der Waals surface area contributed by atoms with E-state index in [1.54, 1.807) is 0 Å². The lowest BCUT2D eigenvalue weighted by molar-refractivity contribution is 0.307. The molecule has 0 saturated heterocycles. The maximum atomic E-state index is 6.26. The monoisotopic (exact) mass is 289 g/mol. The van der Waals surface area contributed by atoms with E-state index in [1.165, 1.54) is 12.8 Å². The van der Waals surface area contributed by atoms with Crippen molar-refractivity contribution in [3.05, 3.63) is 41.3 Å². The van der Waals surface area contributed by atoms with Gasteiger partial charge in [-0.1, -0.05) is 36.6 Å². The van der Waals surface area contributed by atoms with Gasteiger partial charge in [-0.05, 0) is 31.4 Å². The summed E-state index contributed by atoms with van der Waals surface area (Å²) in [6.45, 7) is 2.68. The van der Waals surface area contributed by atoms with Gasteiger partial charge in [-0.15, -0.1) is 0 Å². The number of aromatic nitrogens is 2. The van der Waals surface area contributed by atoms with Gasteiger partial charge in [0.2, 0.25) is 0 Å². The standard InChI is InChI=1S/C16H20ClN3/c1-12-4-5-13(8-14(12)17)15-9-19-11-20(15)16(10-18)6-2-3-7-16/h4-5,8-9,11H,2-3,6-7,10,18H2,1H3. The van der Waals surface area contributed by atoms with Crippen LogP contribution in [0.3, 0.4) is 0 Å². The molecule has 2 N–H and O–H groups in total. The maximum Gasteiger partial charge on any atom is 0.0956 e. The fourth-order valence-electron chi connectivity index (χ4n) is 3.22. The van der Waals surface area contributed by atoms with Crippen molar-refractivity contribution in [2.75, 3.05) is 6.54 Å². The molecule has 1 fully saturated rings. The third-order valence-corrected chi connectivity index (χ3v) is 4.94. The van der Waals surface area contributed by atoms with Gasteiger partial charge in [-0.2, -0.15) is 0 Å². The predicted molar refractivity (Wildman–Crippen MR) is 82.9 cm³/mol. The van der Waals surface area contributed by atoms with Gasteiger partial charge in [0.15, 0.2) is 0 Å². The summed E-state index contributed by atoms with van der Waals surface area (Å²) in [6.07, 6.45) is 8.57. The van der Waals surface area contributed by atoms with E-state index in [4.69, 9.17) is 17.3 Å². The van der Waals surface area contributed by atoms with Crippen molar-refractivity contribution >= 4 is 11.6 Å². The molecule has 1 aromatic heterocycles. The number of benzene rings is 1. The highest BCUT2D eigenvalue weighted by atomic mass is 35.5. The van der Waals surface area contributed by atoms with Crippen LogP contribution in [-0.2, 0) is 5.54 Å². The van der Waals surface area contributed by atoms with E-state index >= 15 is 0 Å². The molecule has 106 valence electrons. The van der Waals surface area contributed by atoms with Gasteiger partial charge in [0.25, 0.3) is 0 Å². The SMILES string of the molecule is Cc1ccc(-c2cncn2C2(CN)CCCC2)cc1Cl. The number of nitrogens with zero attached hydrogens (tertiary/aromatic N) is 2. The molecule has 1 aliphatic rings. The Kier molecular flexibility index (Phi) is 3.57. The van der Waals surface area contributed by atoms with Crippen LogP contribution >= 0.6 is 11.6 Å². The first-order valence-electron chi connectivity index (χ1n) is 7.16. The van der Waals surface area contributed by atoms with Gasteiger partial charge in [0.05, 0.1) is 23.8 Å². The van der Waals surface area contributed by atoms with Crippen molar-refractivity contribution in [2.24, 2.45) is 5.73 Å². The van der Waals surface area contributed by atoms with Crippen LogP contribution < -0.4 is 5.73 Å². The number of imidazole rings is 1. The van der Waals surface area contributed by atoms with E-state index in [0.29, 0.717) is 6.54 Å². The molecule has 1 heterocycles. The number of hydrogen-bond acceptors (Lipinski definition) is 2. The highest BCUT2D eigenvalue weighted by molar-refractivity contribution is 6.31. The van der Waals surface area contributed by atoms with Crippen LogP contribution in [0.4, 0.5) is 0 Å². The van der Waals surface area contributed by atoms with Crippen LogP contribution in [0.2, 0.25) is 5.02 Å². The fourth-order valence-corrected chi connectivity index (χ4v) is 3.40. The zero-order valence-corrected chi connectivity index (χ0v) is 12.5. The highest BCUT2D eigenvalue weighted by Crippen LogP contribution is 2.39. The topological polar surface area (TPSA) is 43.8 Å². The van der Waals surface area contributed by atoms with Crippen LogP contribution in [0.15, 0.2) is 30.7 Å². The Morgan fingerprint density at radius 1 is 1.35 bits per heavy atom. The maximum absolute atomic E-state index is 6.26. The minimum atomic E-state index is 0.0309. The van der Waals surface area contributed by atoms with Crippen LogP contribution in [0.25, 0.3) is 11.3 Å². The lowest BCUT2D eigenvalue weighted by Gasteiger charge is -2.31. The summed E-state index contributed by atoms with van der Waals surface area (Å²) in [6, 6.07) is 6.18. The number of nitrogens with two attached hydrogens (primary N) is 1. The molecular weight excluding hydrogens is 270 g/mol. The average molecular weight is 290 g/mol. The summed E-state index contributed by atoms with van der Waals surface area (Å²) in [7, 11) is 0. The van der Waals surface area contributed by atoms with Crippen LogP contribution in [0.5, 0.6) is 0 Å². The first-order chi connectivity index (χ1) is 9.66. The van der Waals surface area contributed by atoms with Crippen molar-refractivity contribution in [3.63, 3.8) is 0 Å². The molecule has 1 aromatic carbocycles. The van der Waals surface area contributed by atoms with Crippen molar-refractivity contribution < 1.29 is 0 Å².